The summed E-state index contributed by atoms with van der Waals surface area (Å²) in [5.41, 5.74) is 10.3. The number of ether oxygens (including phenoxy) is 1. The molecule has 0 aliphatic carbocycles. The number of aromatic nitrogens is 4. The third-order valence-corrected chi connectivity index (χ3v) is 5.34. The summed E-state index contributed by atoms with van der Waals surface area (Å²) < 4.78 is 15.4. The Morgan fingerprint density at radius 1 is 1.10 bits per heavy atom. The zero-order valence-electron chi connectivity index (χ0n) is 17.3. The molecular formula is C23H20N6O2. The highest BCUT2D eigenvalue weighted by molar-refractivity contribution is 5.70. The van der Waals surface area contributed by atoms with Crippen molar-refractivity contribution >= 4 is 0 Å². The summed E-state index contributed by atoms with van der Waals surface area (Å²) in [6.45, 7) is 3.79. The molecule has 8 nitrogen and oxygen atoms in total. The molecule has 154 valence electrons. The van der Waals surface area contributed by atoms with Crippen LogP contribution in [0.3, 0.4) is 0 Å². The molecule has 0 saturated carbocycles. The Morgan fingerprint density at radius 2 is 1.87 bits per heavy atom. The highest BCUT2D eigenvalue weighted by Crippen LogP contribution is 2.47. The third kappa shape index (κ3) is 2.90. The van der Waals surface area contributed by atoms with E-state index in [1.807, 2.05) is 69.4 Å². The maximum atomic E-state index is 9.92. The minimum atomic E-state index is -0.551. The minimum absolute atomic E-state index is 0.0406. The van der Waals surface area contributed by atoms with E-state index in [-0.39, 0.29) is 11.5 Å². The van der Waals surface area contributed by atoms with Crippen molar-refractivity contribution < 1.29 is 9.15 Å². The van der Waals surface area contributed by atoms with Gasteiger partial charge >= 0.3 is 0 Å². The molecule has 5 rings (SSSR count). The molecule has 0 amide bonds. The summed E-state index contributed by atoms with van der Waals surface area (Å²) in [7, 11) is 1.86. The van der Waals surface area contributed by atoms with Gasteiger partial charge in [0.25, 0.3) is 0 Å². The van der Waals surface area contributed by atoms with Gasteiger partial charge in [-0.3, -0.25) is 4.68 Å². The first-order valence-electron chi connectivity index (χ1n) is 9.81. The second kappa shape index (κ2) is 6.92. The van der Waals surface area contributed by atoms with Crippen LogP contribution in [0.4, 0.5) is 0 Å². The number of nitrogens with two attached hydrogens (primary N) is 1. The van der Waals surface area contributed by atoms with Crippen LogP contribution < -0.4 is 10.5 Å². The molecule has 1 atom stereocenters. The SMILES string of the molecule is Cc1cc(-c2nn(-c3ccccc3)c3c2C(c2ccc(C)o2)C(C#N)=C(N)O3)n(C)n1. The van der Waals surface area contributed by atoms with Gasteiger partial charge < -0.3 is 14.9 Å². The fourth-order valence-corrected chi connectivity index (χ4v) is 4.00. The van der Waals surface area contributed by atoms with Gasteiger partial charge in [-0.15, -0.1) is 0 Å². The molecule has 4 aromatic rings. The van der Waals surface area contributed by atoms with Crippen molar-refractivity contribution in [3.8, 4) is 29.0 Å². The van der Waals surface area contributed by atoms with E-state index in [1.54, 1.807) is 9.36 Å². The van der Waals surface area contributed by atoms with Gasteiger partial charge in [0, 0.05) is 7.05 Å². The van der Waals surface area contributed by atoms with Crippen LogP contribution >= 0.6 is 0 Å². The van der Waals surface area contributed by atoms with E-state index >= 15 is 0 Å². The van der Waals surface area contributed by atoms with Gasteiger partial charge in [0.15, 0.2) is 0 Å². The van der Waals surface area contributed by atoms with Crippen LogP contribution in [0.15, 0.2) is 64.4 Å². The van der Waals surface area contributed by atoms with Crippen LogP contribution in [-0.4, -0.2) is 19.6 Å². The molecule has 1 aromatic carbocycles. The Labute approximate surface area is 178 Å². The lowest BCUT2D eigenvalue weighted by atomic mass is 9.87. The summed E-state index contributed by atoms with van der Waals surface area (Å²) >= 11 is 0. The van der Waals surface area contributed by atoms with E-state index in [4.69, 9.17) is 20.0 Å². The lowest BCUT2D eigenvalue weighted by molar-refractivity contribution is 0.359. The summed E-state index contributed by atoms with van der Waals surface area (Å²) in [6, 6.07) is 17.5. The molecule has 4 heterocycles. The van der Waals surface area contributed by atoms with Crippen LogP contribution in [0.25, 0.3) is 17.1 Å². The quantitative estimate of drug-likeness (QED) is 0.550. The minimum Gasteiger partial charge on any atom is -0.465 e. The predicted molar refractivity (Wildman–Crippen MR) is 113 cm³/mol. The van der Waals surface area contributed by atoms with Gasteiger partial charge in [-0.05, 0) is 44.2 Å². The lowest BCUT2D eigenvalue weighted by Crippen LogP contribution is -2.22. The second-order valence-corrected chi connectivity index (χ2v) is 7.48. The molecule has 0 fully saturated rings. The number of nitrogens with zero attached hydrogens (tertiary/aromatic N) is 5. The van der Waals surface area contributed by atoms with E-state index in [2.05, 4.69) is 11.2 Å². The first kappa shape index (κ1) is 18.8. The van der Waals surface area contributed by atoms with Crippen LogP contribution in [-0.2, 0) is 7.05 Å². The molecule has 0 radical (unpaired) electrons. The smallest absolute Gasteiger partial charge is 0.229 e. The number of benzene rings is 1. The number of aryl methyl sites for hydroxylation is 3. The highest BCUT2D eigenvalue weighted by Gasteiger charge is 2.39. The molecule has 0 bridgehead atoms. The number of hydrogen-bond donors (Lipinski definition) is 1. The van der Waals surface area contributed by atoms with Gasteiger partial charge in [-0.25, -0.2) is 0 Å². The summed E-state index contributed by atoms with van der Waals surface area (Å²) in [5, 5.41) is 19.3. The fourth-order valence-electron chi connectivity index (χ4n) is 4.00. The fraction of sp³-hybridized carbons (Fsp3) is 0.174. The second-order valence-electron chi connectivity index (χ2n) is 7.48. The molecule has 0 saturated heterocycles. The molecule has 1 aliphatic heterocycles. The molecule has 1 unspecified atom stereocenters. The van der Waals surface area contributed by atoms with Crippen LogP contribution in [0.1, 0.15) is 28.7 Å². The van der Waals surface area contributed by atoms with Crippen molar-refractivity contribution in [1.82, 2.24) is 19.6 Å². The van der Waals surface area contributed by atoms with E-state index < -0.39 is 5.92 Å². The third-order valence-electron chi connectivity index (χ3n) is 5.34. The largest absolute Gasteiger partial charge is 0.465 e. The van der Waals surface area contributed by atoms with Gasteiger partial charge in [0.05, 0.1) is 28.6 Å². The van der Waals surface area contributed by atoms with Gasteiger partial charge in [-0.1, -0.05) is 18.2 Å². The van der Waals surface area contributed by atoms with Crippen molar-refractivity contribution in [2.24, 2.45) is 12.8 Å². The molecule has 8 heteroatoms. The standard InChI is InChI=1S/C23H20N6O2/c1-13-11-17(28(3)26-13)21-20-19(18-10-9-14(2)30-18)16(12-24)22(25)31-23(20)29(27-21)15-7-5-4-6-8-15/h4-11,19H,25H2,1-3H3. The normalized spacial score (nSPS) is 15.5. The summed E-state index contributed by atoms with van der Waals surface area (Å²) in [6.07, 6.45) is 0. The van der Waals surface area contributed by atoms with Gasteiger partial charge in [0.1, 0.15) is 28.9 Å². The Bertz CT molecular complexity index is 1370. The van der Waals surface area contributed by atoms with E-state index in [0.29, 0.717) is 22.9 Å². The van der Waals surface area contributed by atoms with E-state index in [0.717, 1.165) is 22.8 Å². The van der Waals surface area contributed by atoms with Crippen LogP contribution in [0.5, 0.6) is 5.88 Å². The Morgan fingerprint density at radius 3 is 2.48 bits per heavy atom. The Hall–Kier alpha value is -4.25. The van der Waals surface area contributed by atoms with Crippen molar-refractivity contribution in [3.63, 3.8) is 0 Å². The highest BCUT2D eigenvalue weighted by atomic mass is 16.5. The van der Waals surface area contributed by atoms with Crippen molar-refractivity contribution in [3.05, 3.63) is 82.8 Å². The molecule has 0 spiro atoms. The molecule has 1 aliphatic rings. The number of rotatable bonds is 3. The average molecular weight is 412 g/mol. The number of para-hydroxylation sites is 1. The van der Waals surface area contributed by atoms with Crippen molar-refractivity contribution in [1.29, 1.82) is 5.26 Å². The Kier molecular flexibility index (Phi) is 4.19. The summed E-state index contributed by atoms with van der Waals surface area (Å²) in [5.74, 6) is 1.29. The lowest BCUT2D eigenvalue weighted by Gasteiger charge is -2.23. The average Bonchev–Trinajstić information content (AvgIpc) is 3.44. The number of allylic oxidation sites excluding steroid dienone is 1. The van der Waals surface area contributed by atoms with Crippen molar-refractivity contribution in [2.75, 3.05) is 0 Å². The topological polar surface area (TPSA) is 108 Å². The van der Waals surface area contributed by atoms with Gasteiger partial charge in [0.2, 0.25) is 11.8 Å². The number of furan rings is 1. The summed E-state index contributed by atoms with van der Waals surface area (Å²) in [4.78, 5) is 0. The molecule has 31 heavy (non-hydrogen) atoms. The number of nitriles is 1. The maximum absolute atomic E-state index is 9.92. The maximum Gasteiger partial charge on any atom is 0.229 e. The Balaban J connectivity index is 1.85. The zero-order chi connectivity index (χ0) is 21.7. The van der Waals surface area contributed by atoms with Crippen molar-refractivity contribution in [2.45, 2.75) is 19.8 Å². The molecular weight excluding hydrogens is 392 g/mol. The zero-order valence-corrected chi connectivity index (χ0v) is 17.3. The van der Waals surface area contributed by atoms with Gasteiger partial charge in [-0.2, -0.15) is 20.1 Å². The predicted octanol–water partition coefficient (Wildman–Crippen LogP) is 3.70. The first-order chi connectivity index (χ1) is 15.0. The van der Waals surface area contributed by atoms with Crippen LogP contribution in [0.2, 0.25) is 0 Å². The van der Waals surface area contributed by atoms with E-state index in [9.17, 15) is 5.26 Å². The molecule has 2 N–H and O–H groups in total. The first-order valence-corrected chi connectivity index (χ1v) is 9.81. The monoisotopic (exact) mass is 412 g/mol. The molecule has 3 aromatic heterocycles. The van der Waals surface area contributed by atoms with Crippen LogP contribution in [0, 0.1) is 25.2 Å². The number of fused-ring (bicyclic) bond motifs is 1. The number of hydrogen-bond acceptors (Lipinski definition) is 6. The van der Waals surface area contributed by atoms with E-state index in [1.165, 1.54) is 0 Å².